The van der Waals surface area contributed by atoms with Crippen LogP contribution in [0.5, 0.6) is 5.75 Å². The Balaban J connectivity index is 1.83. The van der Waals surface area contributed by atoms with E-state index in [9.17, 15) is 13.2 Å². The number of hydrogen-bond donors (Lipinski definition) is 1. The summed E-state index contributed by atoms with van der Waals surface area (Å²) in [5.74, 6) is 0.567. The van der Waals surface area contributed by atoms with Gasteiger partial charge in [-0.15, -0.1) is 6.58 Å². The quantitative estimate of drug-likeness (QED) is 0.706. The Morgan fingerprint density at radius 3 is 2.53 bits per heavy atom. The van der Waals surface area contributed by atoms with E-state index in [1.165, 1.54) is 10.4 Å². The molecule has 0 aliphatic carbocycles. The van der Waals surface area contributed by atoms with Crippen molar-refractivity contribution >= 4 is 21.6 Å². The summed E-state index contributed by atoms with van der Waals surface area (Å²) in [4.78, 5) is 12.9. The van der Waals surface area contributed by atoms with Gasteiger partial charge in [-0.05, 0) is 51.1 Å². The van der Waals surface area contributed by atoms with Gasteiger partial charge >= 0.3 is 0 Å². The number of rotatable bonds is 6. The van der Waals surface area contributed by atoms with Crippen LogP contribution in [0.3, 0.4) is 0 Å². The number of anilines is 1. The first-order valence-electron chi connectivity index (χ1n) is 9.79. The molecule has 0 bridgehead atoms. The Morgan fingerprint density at radius 1 is 1.27 bits per heavy atom. The van der Waals surface area contributed by atoms with Crippen molar-refractivity contribution in [2.24, 2.45) is 0 Å². The zero-order chi connectivity index (χ0) is 22.1. The molecule has 30 heavy (non-hydrogen) atoms. The number of sulfonamides is 1. The number of ether oxygens (including phenoxy) is 1. The maximum Gasteiger partial charge on any atom is 0.251 e. The van der Waals surface area contributed by atoms with Gasteiger partial charge in [0, 0.05) is 17.5 Å². The van der Waals surface area contributed by atoms with Gasteiger partial charge in [-0.2, -0.15) is 0 Å². The highest BCUT2D eigenvalue weighted by atomic mass is 32.2. The van der Waals surface area contributed by atoms with Gasteiger partial charge in [0.1, 0.15) is 11.4 Å². The van der Waals surface area contributed by atoms with E-state index in [0.717, 1.165) is 23.1 Å². The lowest BCUT2D eigenvalue weighted by molar-refractivity contribution is 0.0619. The molecule has 1 N–H and O–H groups in total. The Hall–Kier alpha value is -2.80. The molecular weight excluding hydrogens is 400 g/mol. The third-order valence-electron chi connectivity index (χ3n) is 5.04. The van der Waals surface area contributed by atoms with E-state index >= 15 is 0 Å². The number of fused-ring (bicyclic) bond motifs is 1. The standard InChI is InChI=1S/C23H28N2O4S/c1-6-13-25(30(5,27)28)18-10-8-17(9-11-18)22(26)24-20-15-23(3,4)29-21-12-7-16(2)14-19(20)21/h6-12,14,20H,1,13,15H2,2-5H3,(H,24,26)/t20-/m0/s1. The van der Waals surface area contributed by atoms with Gasteiger partial charge in [-0.3, -0.25) is 9.10 Å². The molecule has 1 heterocycles. The van der Waals surface area contributed by atoms with E-state index in [1.807, 2.05) is 39.0 Å². The van der Waals surface area contributed by atoms with Crippen molar-refractivity contribution in [1.82, 2.24) is 5.32 Å². The molecule has 2 aromatic rings. The fourth-order valence-electron chi connectivity index (χ4n) is 3.67. The third kappa shape index (κ3) is 4.84. The number of aryl methyl sites for hydroxylation is 1. The maximum absolute atomic E-state index is 12.9. The van der Waals surface area contributed by atoms with Crippen LogP contribution < -0.4 is 14.4 Å². The van der Waals surface area contributed by atoms with Crippen LogP contribution in [0.2, 0.25) is 0 Å². The van der Waals surface area contributed by atoms with Crippen molar-refractivity contribution in [3.63, 3.8) is 0 Å². The summed E-state index contributed by atoms with van der Waals surface area (Å²) in [5.41, 5.74) is 2.62. The van der Waals surface area contributed by atoms with E-state index < -0.39 is 15.6 Å². The highest BCUT2D eigenvalue weighted by Crippen LogP contribution is 2.40. The number of amides is 1. The van der Waals surface area contributed by atoms with E-state index in [0.29, 0.717) is 17.7 Å². The van der Waals surface area contributed by atoms with Crippen molar-refractivity contribution < 1.29 is 17.9 Å². The highest BCUT2D eigenvalue weighted by molar-refractivity contribution is 7.92. The van der Waals surface area contributed by atoms with Crippen molar-refractivity contribution in [2.75, 3.05) is 17.1 Å². The molecule has 1 amide bonds. The molecule has 0 unspecified atom stereocenters. The molecule has 7 heteroatoms. The third-order valence-corrected chi connectivity index (χ3v) is 6.20. The molecule has 0 fully saturated rings. The topological polar surface area (TPSA) is 75.7 Å². The normalized spacial score (nSPS) is 17.4. The van der Waals surface area contributed by atoms with Crippen molar-refractivity contribution in [3.05, 3.63) is 71.8 Å². The molecule has 1 aliphatic heterocycles. The van der Waals surface area contributed by atoms with Crippen LogP contribution >= 0.6 is 0 Å². The van der Waals surface area contributed by atoms with Crippen molar-refractivity contribution in [1.29, 1.82) is 0 Å². The molecule has 0 spiro atoms. The molecule has 0 saturated carbocycles. The molecule has 6 nitrogen and oxygen atoms in total. The number of benzene rings is 2. The Bertz CT molecular complexity index is 1060. The second kappa shape index (κ2) is 8.14. The predicted octanol–water partition coefficient (Wildman–Crippen LogP) is 3.98. The number of nitrogens with one attached hydrogen (secondary N) is 1. The van der Waals surface area contributed by atoms with Crippen LogP contribution in [0.4, 0.5) is 5.69 Å². The van der Waals surface area contributed by atoms with Gasteiger partial charge in [0.05, 0.1) is 24.5 Å². The summed E-state index contributed by atoms with van der Waals surface area (Å²) in [7, 11) is -3.44. The molecule has 0 saturated heterocycles. The number of carbonyl (C=O) groups excluding carboxylic acids is 1. The molecule has 0 aromatic heterocycles. The first-order valence-corrected chi connectivity index (χ1v) is 11.6. The predicted molar refractivity (Wildman–Crippen MR) is 120 cm³/mol. The summed E-state index contributed by atoms with van der Waals surface area (Å²) in [6, 6.07) is 12.3. The van der Waals surface area contributed by atoms with Crippen LogP contribution in [0, 0.1) is 6.92 Å². The maximum atomic E-state index is 12.9. The average molecular weight is 429 g/mol. The monoisotopic (exact) mass is 428 g/mol. The van der Waals surface area contributed by atoms with Crippen LogP contribution in [0.15, 0.2) is 55.1 Å². The van der Waals surface area contributed by atoms with Crippen LogP contribution in [-0.2, 0) is 10.0 Å². The smallest absolute Gasteiger partial charge is 0.251 e. The largest absolute Gasteiger partial charge is 0.487 e. The van der Waals surface area contributed by atoms with Gasteiger partial charge in [0.2, 0.25) is 10.0 Å². The number of nitrogens with zero attached hydrogens (tertiary/aromatic N) is 1. The molecule has 160 valence electrons. The van der Waals surface area contributed by atoms with Gasteiger partial charge in [0.25, 0.3) is 5.91 Å². The minimum absolute atomic E-state index is 0.164. The second-order valence-corrected chi connectivity index (χ2v) is 10.2. The highest BCUT2D eigenvalue weighted by Gasteiger charge is 2.34. The molecular formula is C23H28N2O4S. The van der Waals surface area contributed by atoms with E-state index in [4.69, 9.17) is 4.74 Å². The minimum atomic E-state index is -3.44. The van der Waals surface area contributed by atoms with Crippen molar-refractivity contribution in [3.8, 4) is 5.75 Å². The van der Waals surface area contributed by atoms with Crippen LogP contribution in [-0.4, -0.2) is 32.7 Å². The summed E-state index contributed by atoms with van der Waals surface area (Å²) in [5, 5.41) is 3.11. The number of carbonyl (C=O) groups is 1. The Morgan fingerprint density at radius 2 is 1.93 bits per heavy atom. The summed E-state index contributed by atoms with van der Waals surface area (Å²) in [6.07, 6.45) is 3.31. The molecule has 3 rings (SSSR count). The average Bonchev–Trinajstić information content (AvgIpc) is 2.65. The first-order chi connectivity index (χ1) is 14.0. The van der Waals surface area contributed by atoms with Crippen molar-refractivity contribution in [2.45, 2.75) is 38.8 Å². The van der Waals surface area contributed by atoms with Crippen LogP contribution in [0.25, 0.3) is 0 Å². The lowest BCUT2D eigenvalue weighted by Crippen LogP contribution is -2.41. The number of hydrogen-bond acceptors (Lipinski definition) is 4. The fraction of sp³-hybridized carbons (Fsp3) is 0.348. The fourth-order valence-corrected chi connectivity index (χ4v) is 4.55. The second-order valence-electron chi connectivity index (χ2n) is 8.26. The lowest BCUT2D eigenvalue weighted by Gasteiger charge is -2.38. The zero-order valence-electron chi connectivity index (χ0n) is 17.8. The molecule has 1 atom stereocenters. The summed E-state index contributed by atoms with van der Waals surface area (Å²) >= 11 is 0. The van der Waals surface area contributed by atoms with Crippen LogP contribution in [0.1, 0.15) is 47.8 Å². The summed E-state index contributed by atoms with van der Waals surface area (Å²) in [6.45, 7) is 9.79. The first kappa shape index (κ1) is 21.9. The van der Waals surface area contributed by atoms with E-state index in [2.05, 4.69) is 11.9 Å². The lowest BCUT2D eigenvalue weighted by atomic mass is 9.88. The Kier molecular flexibility index (Phi) is 5.94. The molecule has 1 aliphatic rings. The van der Waals surface area contributed by atoms with E-state index in [-0.39, 0.29) is 18.5 Å². The zero-order valence-corrected chi connectivity index (χ0v) is 18.6. The van der Waals surface area contributed by atoms with Gasteiger partial charge in [-0.25, -0.2) is 8.42 Å². The minimum Gasteiger partial charge on any atom is -0.487 e. The van der Waals surface area contributed by atoms with E-state index in [1.54, 1.807) is 24.3 Å². The van der Waals surface area contributed by atoms with Gasteiger partial charge in [-0.1, -0.05) is 23.8 Å². The Labute approximate surface area is 178 Å². The van der Waals surface area contributed by atoms with Gasteiger partial charge < -0.3 is 10.1 Å². The molecule has 2 aromatic carbocycles. The summed E-state index contributed by atoms with van der Waals surface area (Å²) < 4.78 is 31.3. The molecule has 0 radical (unpaired) electrons. The SMILES string of the molecule is C=CCN(c1ccc(C(=O)N[C@H]2CC(C)(C)Oc3ccc(C)cc32)cc1)S(C)(=O)=O. The van der Waals surface area contributed by atoms with Gasteiger partial charge in [0.15, 0.2) is 0 Å².